The first-order chi connectivity index (χ1) is 10.0. The van der Waals surface area contributed by atoms with Gasteiger partial charge in [-0.2, -0.15) is 0 Å². The van der Waals surface area contributed by atoms with Crippen LogP contribution >= 0.6 is 31.9 Å². The highest BCUT2D eigenvalue weighted by Crippen LogP contribution is 2.14. The lowest BCUT2D eigenvalue weighted by molar-refractivity contribution is -0.111. The van der Waals surface area contributed by atoms with Crippen LogP contribution in [-0.2, 0) is 4.79 Å². The smallest absolute Gasteiger partial charge is 0.248 e. The van der Waals surface area contributed by atoms with Crippen LogP contribution in [0.25, 0.3) is 0 Å². The molecule has 0 atom stereocenters. The number of allylic oxidation sites excluding steroid dienone is 1. The van der Waals surface area contributed by atoms with Crippen molar-refractivity contribution >= 4 is 49.2 Å². The Labute approximate surface area is 139 Å². The Kier molecular flexibility index (Phi) is 5.47. The quantitative estimate of drug-likeness (QED) is 0.594. The predicted molar refractivity (Wildman–Crippen MR) is 90.4 cm³/mol. The molecule has 0 aliphatic carbocycles. The zero-order chi connectivity index (χ0) is 15.2. The van der Waals surface area contributed by atoms with Crippen molar-refractivity contribution < 1.29 is 9.59 Å². The number of carbonyl (C=O) groups is 2. The number of amides is 1. The molecular weight excluding hydrogens is 398 g/mol. The lowest BCUT2D eigenvalue weighted by Gasteiger charge is -2.01. The largest absolute Gasteiger partial charge is 0.323 e. The molecule has 1 N–H and O–H groups in total. The Morgan fingerprint density at radius 3 is 1.90 bits per heavy atom. The summed E-state index contributed by atoms with van der Waals surface area (Å²) in [7, 11) is 0. The van der Waals surface area contributed by atoms with Crippen LogP contribution in [-0.4, -0.2) is 11.7 Å². The van der Waals surface area contributed by atoms with Gasteiger partial charge in [-0.15, -0.1) is 0 Å². The van der Waals surface area contributed by atoms with E-state index in [0.29, 0.717) is 11.3 Å². The van der Waals surface area contributed by atoms with Gasteiger partial charge in [0.05, 0.1) is 0 Å². The van der Waals surface area contributed by atoms with Crippen molar-refractivity contribution in [2.75, 3.05) is 5.32 Å². The molecule has 2 rings (SSSR count). The fourth-order valence-corrected chi connectivity index (χ4v) is 2.11. The lowest BCUT2D eigenvalue weighted by Crippen LogP contribution is -2.08. The highest BCUT2D eigenvalue weighted by molar-refractivity contribution is 9.10. The third kappa shape index (κ3) is 4.95. The average Bonchev–Trinajstić information content (AvgIpc) is 2.48. The van der Waals surface area contributed by atoms with Crippen LogP contribution in [0.3, 0.4) is 0 Å². The van der Waals surface area contributed by atoms with E-state index in [0.717, 1.165) is 8.95 Å². The Bertz CT molecular complexity index is 676. The van der Waals surface area contributed by atoms with E-state index in [1.54, 1.807) is 36.4 Å². The fraction of sp³-hybridized carbons (Fsp3) is 0. The molecule has 0 radical (unpaired) electrons. The molecule has 0 aromatic heterocycles. The van der Waals surface area contributed by atoms with E-state index in [-0.39, 0.29) is 11.7 Å². The van der Waals surface area contributed by atoms with Crippen LogP contribution in [0, 0.1) is 0 Å². The Morgan fingerprint density at radius 2 is 1.33 bits per heavy atom. The molecule has 2 aromatic rings. The predicted octanol–water partition coefficient (Wildman–Crippen LogP) is 4.59. The number of ketones is 1. The molecule has 0 heterocycles. The molecule has 0 fully saturated rings. The summed E-state index contributed by atoms with van der Waals surface area (Å²) in [5.41, 5.74) is 1.20. The van der Waals surface area contributed by atoms with Crippen LogP contribution in [0.5, 0.6) is 0 Å². The summed E-state index contributed by atoms with van der Waals surface area (Å²) in [5.74, 6) is -0.559. The van der Waals surface area contributed by atoms with E-state index in [9.17, 15) is 9.59 Å². The van der Waals surface area contributed by atoms with E-state index in [1.807, 2.05) is 12.1 Å². The van der Waals surface area contributed by atoms with Crippen LogP contribution < -0.4 is 5.32 Å². The molecule has 2 aromatic carbocycles. The Hall–Kier alpha value is -1.72. The molecule has 1 amide bonds. The Morgan fingerprint density at radius 1 is 0.810 bits per heavy atom. The van der Waals surface area contributed by atoms with Crippen molar-refractivity contribution in [3.05, 3.63) is 75.2 Å². The Balaban J connectivity index is 1.96. The molecule has 0 aliphatic rings. The van der Waals surface area contributed by atoms with Crippen LogP contribution in [0.15, 0.2) is 69.6 Å². The zero-order valence-corrected chi connectivity index (χ0v) is 14.0. The van der Waals surface area contributed by atoms with Gasteiger partial charge in [-0.25, -0.2) is 0 Å². The second-order valence-electron chi connectivity index (χ2n) is 4.20. The van der Waals surface area contributed by atoms with Crippen molar-refractivity contribution in [3.63, 3.8) is 0 Å². The first kappa shape index (κ1) is 15.7. The van der Waals surface area contributed by atoms with Gasteiger partial charge >= 0.3 is 0 Å². The molecule has 0 aliphatic heterocycles. The number of anilines is 1. The number of hydrogen-bond acceptors (Lipinski definition) is 2. The molecule has 5 heteroatoms. The van der Waals surface area contributed by atoms with Gasteiger partial charge in [0.1, 0.15) is 0 Å². The third-order valence-electron chi connectivity index (χ3n) is 2.63. The second kappa shape index (κ2) is 7.33. The highest BCUT2D eigenvalue weighted by atomic mass is 79.9. The van der Waals surface area contributed by atoms with Crippen LogP contribution in [0.4, 0.5) is 5.69 Å². The first-order valence-corrected chi connectivity index (χ1v) is 7.68. The number of hydrogen-bond donors (Lipinski definition) is 1. The van der Waals surface area contributed by atoms with Gasteiger partial charge in [-0.3, -0.25) is 9.59 Å². The molecule has 0 saturated heterocycles. The van der Waals surface area contributed by atoms with Crippen molar-refractivity contribution in [1.82, 2.24) is 0 Å². The SMILES string of the molecule is O=C(/C=C/C(=O)c1ccc(Br)cc1)Nc1ccc(Br)cc1. The van der Waals surface area contributed by atoms with E-state index in [2.05, 4.69) is 37.2 Å². The maximum Gasteiger partial charge on any atom is 0.248 e. The minimum atomic E-state index is -0.345. The third-order valence-corrected chi connectivity index (χ3v) is 3.68. The molecule has 0 spiro atoms. The van der Waals surface area contributed by atoms with Crippen LogP contribution in [0.1, 0.15) is 10.4 Å². The van der Waals surface area contributed by atoms with Crippen LogP contribution in [0.2, 0.25) is 0 Å². The van der Waals surface area contributed by atoms with Gasteiger partial charge in [0.25, 0.3) is 0 Å². The fourth-order valence-electron chi connectivity index (χ4n) is 1.58. The lowest BCUT2D eigenvalue weighted by atomic mass is 10.1. The van der Waals surface area contributed by atoms with Gasteiger partial charge in [0.15, 0.2) is 5.78 Å². The van der Waals surface area contributed by atoms with Gasteiger partial charge < -0.3 is 5.32 Å². The van der Waals surface area contributed by atoms with Gasteiger partial charge in [0.2, 0.25) is 5.91 Å². The summed E-state index contributed by atoms with van der Waals surface area (Å²) in [6, 6.07) is 14.1. The van der Waals surface area contributed by atoms with Crippen molar-refractivity contribution in [3.8, 4) is 0 Å². The molecular formula is C16H11Br2NO2. The van der Waals surface area contributed by atoms with Gasteiger partial charge in [-0.1, -0.05) is 31.9 Å². The molecule has 0 saturated carbocycles. The van der Waals surface area contributed by atoms with E-state index >= 15 is 0 Å². The average molecular weight is 409 g/mol. The number of carbonyl (C=O) groups excluding carboxylic acids is 2. The van der Waals surface area contributed by atoms with Crippen molar-refractivity contribution in [2.45, 2.75) is 0 Å². The van der Waals surface area contributed by atoms with E-state index in [1.165, 1.54) is 12.2 Å². The van der Waals surface area contributed by atoms with E-state index < -0.39 is 0 Å². The summed E-state index contributed by atoms with van der Waals surface area (Å²) in [6.07, 6.45) is 2.49. The normalized spacial score (nSPS) is 10.6. The molecule has 106 valence electrons. The number of benzene rings is 2. The number of nitrogens with one attached hydrogen (secondary N) is 1. The highest BCUT2D eigenvalue weighted by Gasteiger charge is 2.03. The zero-order valence-electron chi connectivity index (χ0n) is 10.8. The summed E-state index contributed by atoms with van der Waals surface area (Å²) < 4.78 is 1.83. The summed E-state index contributed by atoms with van der Waals surface area (Å²) in [6.45, 7) is 0. The van der Waals surface area contributed by atoms with Crippen molar-refractivity contribution in [2.24, 2.45) is 0 Å². The minimum absolute atomic E-state index is 0.214. The second-order valence-corrected chi connectivity index (χ2v) is 6.03. The standard InChI is InChI=1S/C16H11Br2NO2/c17-12-3-1-11(2-4-12)15(20)9-10-16(21)19-14-7-5-13(18)6-8-14/h1-10H,(H,19,21)/b10-9+. The van der Waals surface area contributed by atoms with Crippen molar-refractivity contribution in [1.29, 1.82) is 0 Å². The summed E-state index contributed by atoms with van der Waals surface area (Å²) in [5, 5.41) is 2.68. The first-order valence-electron chi connectivity index (χ1n) is 6.09. The monoisotopic (exact) mass is 407 g/mol. The van der Waals surface area contributed by atoms with Gasteiger partial charge in [0, 0.05) is 26.3 Å². The summed E-state index contributed by atoms with van der Waals surface area (Å²) >= 11 is 6.62. The number of rotatable bonds is 4. The van der Waals surface area contributed by atoms with Gasteiger partial charge in [-0.05, 0) is 54.6 Å². The van der Waals surface area contributed by atoms with E-state index in [4.69, 9.17) is 0 Å². The minimum Gasteiger partial charge on any atom is -0.323 e. The number of halogens is 2. The topological polar surface area (TPSA) is 46.2 Å². The molecule has 3 nitrogen and oxygen atoms in total. The maximum atomic E-state index is 11.9. The maximum absolute atomic E-state index is 11.9. The molecule has 21 heavy (non-hydrogen) atoms. The summed E-state index contributed by atoms with van der Waals surface area (Å²) in [4.78, 5) is 23.6. The molecule has 0 bridgehead atoms. The molecule has 0 unspecified atom stereocenters.